The standard InChI is InChI=1S/C16H20N2O/c1-11-4-6-17-10-14(11)18-7-5-12-13(18)8-16(2,3)9-15(12)19/h4-7,10,15,19H,8-9H2,1-3H3. The third kappa shape index (κ3) is 2.08. The average Bonchev–Trinajstić information content (AvgIpc) is 2.72. The van der Waals surface area contributed by atoms with Gasteiger partial charge in [0, 0.05) is 23.7 Å². The number of nitrogens with zero attached hydrogens (tertiary/aromatic N) is 2. The second-order valence-corrected chi connectivity index (χ2v) is 6.31. The van der Waals surface area contributed by atoms with Gasteiger partial charge in [-0.25, -0.2) is 0 Å². The van der Waals surface area contributed by atoms with Crippen molar-refractivity contribution >= 4 is 0 Å². The Labute approximate surface area is 113 Å². The maximum Gasteiger partial charge on any atom is 0.0812 e. The number of aryl methyl sites for hydroxylation is 1. The summed E-state index contributed by atoms with van der Waals surface area (Å²) in [7, 11) is 0. The lowest BCUT2D eigenvalue weighted by Gasteiger charge is -2.34. The molecule has 2 aromatic heterocycles. The minimum Gasteiger partial charge on any atom is -0.388 e. The van der Waals surface area contributed by atoms with Crippen molar-refractivity contribution < 1.29 is 5.11 Å². The van der Waals surface area contributed by atoms with Crippen LogP contribution in [0.3, 0.4) is 0 Å². The van der Waals surface area contributed by atoms with Crippen molar-refractivity contribution in [2.75, 3.05) is 0 Å². The molecule has 0 aromatic carbocycles. The average molecular weight is 256 g/mol. The Hall–Kier alpha value is -1.61. The number of aliphatic hydroxyl groups excluding tert-OH is 1. The summed E-state index contributed by atoms with van der Waals surface area (Å²) in [4.78, 5) is 4.22. The van der Waals surface area contributed by atoms with Crippen LogP contribution in [0.25, 0.3) is 5.69 Å². The normalized spacial score (nSPS) is 21.2. The maximum absolute atomic E-state index is 10.3. The first-order chi connectivity index (χ1) is 8.98. The molecule has 3 rings (SSSR count). The molecular weight excluding hydrogens is 236 g/mol. The first-order valence-corrected chi connectivity index (χ1v) is 6.77. The van der Waals surface area contributed by atoms with E-state index < -0.39 is 0 Å². The van der Waals surface area contributed by atoms with Crippen molar-refractivity contribution in [2.45, 2.75) is 39.7 Å². The molecule has 2 aromatic rings. The van der Waals surface area contributed by atoms with Gasteiger partial charge in [-0.05, 0) is 42.9 Å². The Bertz CT molecular complexity index is 613. The smallest absolute Gasteiger partial charge is 0.0812 e. The first kappa shape index (κ1) is 12.4. The van der Waals surface area contributed by atoms with Crippen molar-refractivity contribution in [1.82, 2.24) is 9.55 Å². The zero-order chi connectivity index (χ0) is 13.6. The fraction of sp³-hybridized carbons (Fsp3) is 0.438. The highest BCUT2D eigenvalue weighted by Gasteiger charge is 2.33. The molecule has 0 bridgehead atoms. The van der Waals surface area contributed by atoms with E-state index in [1.54, 1.807) is 0 Å². The Morgan fingerprint density at radius 3 is 2.89 bits per heavy atom. The van der Waals surface area contributed by atoms with E-state index in [1.165, 1.54) is 11.3 Å². The van der Waals surface area contributed by atoms with E-state index in [0.29, 0.717) is 0 Å². The summed E-state index contributed by atoms with van der Waals surface area (Å²) in [5.41, 5.74) is 4.74. The number of pyridine rings is 1. The summed E-state index contributed by atoms with van der Waals surface area (Å²) in [5.74, 6) is 0. The number of hydrogen-bond donors (Lipinski definition) is 1. The molecular formula is C16H20N2O. The van der Waals surface area contributed by atoms with Crippen LogP contribution < -0.4 is 0 Å². The van der Waals surface area contributed by atoms with Gasteiger partial charge >= 0.3 is 0 Å². The van der Waals surface area contributed by atoms with Crippen molar-refractivity contribution in [3.05, 3.63) is 47.5 Å². The lowest BCUT2D eigenvalue weighted by molar-refractivity contribution is 0.0987. The molecule has 0 radical (unpaired) electrons. The highest BCUT2D eigenvalue weighted by molar-refractivity contribution is 5.43. The van der Waals surface area contributed by atoms with E-state index >= 15 is 0 Å². The molecule has 0 amide bonds. The van der Waals surface area contributed by atoms with E-state index in [9.17, 15) is 5.11 Å². The molecule has 3 nitrogen and oxygen atoms in total. The SMILES string of the molecule is Cc1ccncc1-n1ccc2c1CC(C)(C)CC2O. The first-order valence-electron chi connectivity index (χ1n) is 6.77. The maximum atomic E-state index is 10.3. The molecule has 1 atom stereocenters. The Morgan fingerprint density at radius 1 is 1.37 bits per heavy atom. The molecule has 0 aliphatic heterocycles. The summed E-state index contributed by atoms with van der Waals surface area (Å²) in [6, 6.07) is 4.06. The molecule has 100 valence electrons. The van der Waals surface area contributed by atoms with Crippen LogP contribution in [-0.2, 0) is 6.42 Å². The van der Waals surface area contributed by atoms with Crippen molar-refractivity contribution in [2.24, 2.45) is 5.41 Å². The Morgan fingerprint density at radius 2 is 2.16 bits per heavy atom. The molecule has 0 saturated carbocycles. The minimum absolute atomic E-state index is 0.138. The van der Waals surface area contributed by atoms with Crippen LogP contribution >= 0.6 is 0 Å². The fourth-order valence-corrected chi connectivity index (χ4v) is 3.06. The topological polar surface area (TPSA) is 38.0 Å². The van der Waals surface area contributed by atoms with Crippen LogP contribution in [0.1, 0.15) is 43.2 Å². The van der Waals surface area contributed by atoms with Gasteiger partial charge < -0.3 is 9.67 Å². The van der Waals surface area contributed by atoms with Crippen molar-refractivity contribution in [1.29, 1.82) is 0 Å². The number of aromatic nitrogens is 2. The Balaban J connectivity index is 2.14. The van der Waals surface area contributed by atoms with Crippen LogP contribution in [0.2, 0.25) is 0 Å². The quantitative estimate of drug-likeness (QED) is 0.851. The van der Waals surface area contributed by atoms with Gasteiger partial charge in [0.05, 0.1) is 18.0 Å². The van der Waals surface area contributed by atoms with E-state index in [-0.39, 0.29) is 11.5 Å². The lowest BCUT2D eigenvalue weighted by Crippen LogP contribution is -2.26. The molecule has 0 fully saturated rings. The third-order valence-corrected chi connectivity index (χ3v) is 4.05. The molecule has 19 heavy (non-hydrogen) atoms. The predicted octanol–water partition coefficient (Wildman–Crippen LogP) is 3.19. The number of fused-ring (bicyclic) bond motifs is 1. The van der Waals surface area contributed by atoms with Crippen molar-refractivity contribution in [3.63, 3.8) is 0 Å². The number of rotatable bonds is 1. The van der Waals surface area contributed by atoms with Crippen LogP contribution in [0, 0.1) is 12.3 Å². The second-order valence-electron chi connectivity index (χ2n) is 6.31. The van der Waals surface area contributed by atoms with Gasteiger partial charge in [-0.3, -0.25) is 4.98 Å². The van der Waals surface area contributed by atoms with Gasteiger partial charge in [0.2, 0.25) is 0 Å². The van der Waals surface area contributed by atoms with Gasteiger partial charge in [0.25, 0.3) is 0 Å². The third-order valence-electron chi connectivity index (χ3n) is 4.05. The van der Waals surface area contributed by atoms with Gasteiger partial charge in [-0.2, -0.15) is 0 Å². The molecule has 1 aliphatic rings. The highest BCUT2D eigenvalue weighted by atomic mass is 16.3. The fourth-order valence-electron chi connectivity index (χ4n) is 3.06. The Kier molecular flexibility index (Phi) is 2.75. The van der Waals surface area contributed by atoms with Gasteiger partial charge in [0.1, 0.15) is 0 Å². The van der Waals surface area contributed by atoms with E-state index in [1.807, 2.05) is 24.5 Å². The van der Waals surface area contributed by atoms with Crippen LogP contribution in [0.15, 0.2) is 30.7 Å². The zero-order valence-corrected chi connectivity index (χ0v) is 11.7. The lowest BCUT2D eigenvalue weighted by atomic mass is 9.75. The monoisotopic (exact) mass is 256 g/mol. The summed E-state index contributed by atoms with van der Waals surface area (Å²) in [6.45, 7) is 6.52. The van der Waals surface area contributed by atoms with E-state index in [4.69, 9.17) is 0 Å². The van der Waals surface area contributed by atoms with Crippen LogP contribution in [-0.4, -0.2) is 14.7 Å². The summed E-state index contributed by atoms with van der Waals surface area (Å²) < 4.78 is 2.18. The minimum atomic E-state index is -0.350. The van der Waals surface area contributed by atoms with E-state index in [2.05, 4.69) is 36.5 Å². The number of hydrogen-bond acceptors (Lipinski definition) is 2. The summed E-state index contributed by atoms with van der Waals surface area (Å²) >= 11 is 0. The molecule has 3 heteroatoms. The van der Waals surface area contributed by atoms with Crippen LogP contribution in [0.5, 0.6) is 0 Å². The van der Waals surface area contributed by atoms with Gasteiger partial charge in [-0.1, -0.05) is 13.8 Å². The molecule has 0 spiro atoms. The summed E-state index contributed by atoms with van der Waals surface area (Å²) in [5, 5.41) is 10.3. The van der Waals surface area contributed by atoms with Gasteiger partial charge in [0.15, 0.2) is 0 Å². The molecule has 2 heterocycles. The van der Waals surface area contributed by atoms with E-state index in [0.717, 1.165) is 24.1 Å². The largest absolute Gasteiger partial charge is 0.388 e. The molecule has 1 aliphatic carbocycles. The zero-order valence-electron chi connectivity index (χ0n) is 11.7. The molecule has 1 unspecified atom stereocenters. The number of aliphatic hydroxyl groups is 1. The summed E-state index contributed by atoms with van der Waals surface area (Å²) in [6.07, 6.45) is 7.23. The highest BCUT2D eigenvalue weighted by Crippen LogP contribution is 2.41. The van der Waals surface area contributed by atoms with Gasteiger partial charge in [-0.15, -0.1) is 0 Å². The van der Waals surface area contributed by atoms with Crippen molar-refractivity contribution in [3.8, 4) is 5.69 Å². The van der Waals surface area contributed by atoms with Crippen LogP contribution in [0.4, 0.5) is 0 Å². The molecule has 0 saturated heterocycles. The predicted molar refractivity (Wildman–Crippen MR) is 75.4 cm³/mol. The second kappa shape index (κ2) is 4.20. The molecule has 1 N–H and O–H groups in total.